The molecule has 1 aliphatic carbocycles. The lowest BCUT2D eigenvalue weighted by molar-refractivity contribution is 0.891. The number of benzene rings is 1. The van der Waals surface area contributed by atoms with Crippen LogP contribution in [0, 0.1) is 18.3 Å². The van der Waals surface area contributed by atoms with E-state index in [9.17, 15) is 0 Å². The van der Waals surface area contributed by atoms with Crippen molar-refractivity contribution >= 4 is 11.3 Å². The third kappa shape index (κ3) is 1.75. The molecule has 1 fully saturated rings. The second-order valence-corrected chi connectivity index (χ2v) is 5.46. The zero-order chi connectivity index (χ0) is 11.9. The normalized spacial score (nSPS) is 16.5. The second-order valence-electron chi connectivity index (χ2n) is 4.60. The Bertz CT molecular complexity index is 585. The van der Waals surface area contributed by atoms with E-state index in [1.807, 2.05) is 0 Å². The monoisotopic (exact) mass is 240 g/mol. The molecule has 0 N–H and O–H groups in total. The molecule has 0 bridgehead atoms. The van der Waals surface area contributed by atoms with E-state index in [0.717, 1.165) is 29.1 Å². The van der Waals surface area contributed by atoms with Gasteiger partial charge in [0.15, 0.2) is 0 Å². The standard InChI is InChI=1S/C14H12N2S/c1-10-2-4-11(5-3-10)12-8-17-13(16-12)14(9-15)6-7-14/h2-5,8H,6-7H2,1H3. The molecule has 84 valence electrons. The zero-order valence-electron chi connectivity index (χ0n) is 9.60. The van der Waals surface area contributed by atoms with Crippen molar-refractivity contribution < 1.29 is 0 Å². The number of hydrogen-bond acceptors (Lipinski definition) is 3. The molecule has 3 rings (SSSR count). The molecule has 1 saturated carbocycles. The molecule has 1 aromatic heterocycles. The van der Waals surface area contributed by atoms with Gasteiger partial charge in [-0.1, -0.05) is 29.8 Å². The minimum atomic E-state index is -0.256. The summed E-state index contributed by atoms with van der Waals surface area (Å²) in [6.45, 7) is 2.07. The zero-order valence-corrected chi connectivity index (χ0v) is 10.4. The molecule has 3 heteroatoms. The number of aromatic nitrogens is 1. The first kappa shape index (κ1) is 10.5. The Kier molecular flexibility index (Phi) is 2.27. The number of thiazole rings is 1. The molecule has 0 atom stereocenters. The van der Waals surface area contributed by atoms with Crippen LogP contribution in [0.5, 0.6) is 0 Å². The maximum absolute atomic E-state index is 9.14. The average Bonchev–Trinajstić information content (AvgIpc) is 3.00. The van der Waals surface area contributed by atoms with Crippen molar-refractivity contribution in [2.75, 3.05) is 0 Å². The molecule has 0 saturated heterocycles. The largest absolute Gasteiger partial charge is 0.240 e. The van der Waals surface area contributed by atoms with E-state index in [2.05, 4.69) is 47.6 Å². The highest BCUT2D eigenvalue weighted by molar-refractivity contribution is 7.10. The molecule has 0 aliphatic heterocycles. The first-order valence-electron chi connectivity index (χ1n) is 5.68. The summed E-state index contributed by atoms with van der Waals surface area (Å²) in [5.74, 6) is 0. The summed E-state index contributed by atoms with van der Waals surface area (Å²) in [5, 5.41) is 12.2. The van der Waals surface area contributed by atoms with E-state index in [1.165, 1.54) is 5.56 Å². The van der Waals surface area contributed by atoms with Gasteiger partial charge in [-0.15, -0.1) is 11.3 Å². The molecule has 2 nitrogen and oxygen atoms in total. The molecule has 2 aromatic rings. The number of hydrogen-bond donors (Lipinski definition) is 0. The molecule has 1 aliphatic rings. The fourth-order valence-electron chi connectivity index (χ4n) is 1.85. The summed E-state index contributed by atoms with van der Waals surface area (Å²) in [6.07, 6.45) is 1.93. The fraction of sp³-hybridized carbons (Fsp3) is 0.286. The van der Waals surface area contributed by atoms with Gasteiger partial charge >= 0.3 is 0 Å². The van der Waals surface area contributed by atoms with Crippen molar-refractivity contribution in [1.82, 2.24) is 4.98 Å². The lowest BCUT2D eigenvalue weighted by atomic mass is 10.1. The van der Waals surface area contributed by atoms with Gasteiger partial charge in [0, 0.05) is 10.9 Å². The Morgan fingerprint density at radius 3 is 2.59 bits per heavy atom. The number of aryl methyl sites for hydroxylation is 1. The lowest BCUT2D eigenvalue weighted by Gasteiger charge is -1.99. The van der Waals surface area contributed by atoms with E-state index in [0.29, 0.717) is 0 Å². The molecule has 0 amide bonds. The van der Waals surface area contributed by atoms with Crippen molar-refractivity contribution in [1.29, 1.82) is 5.26 Å². The van der Waals surface area contributed by atoms with Crippen LogP contribution >= 0.6 is 11.3 Å². The Balaban J connectivity index is 1.96. The summed E-state index contributed by atoms with van der Waals surface area (Å²) < 4.78 is 0. The summed E-state index contributed by atoms with van der Waals surface area (Å²) in [7, 11) is 0. The average molecular weight is 240 g/mol. The van der Waals surface area contributed by atoms with Crippen LogP contribution in [0.3, 0.4) is 0 Å². The third-order valence-corrected chi connectivity index (χ3v) is 4.27. The molecular formula is C14H12N2S. The van der Waals surface area contributed by atoms with Crippen molar-refractivity contribution in [2.45, 2.75) is 25.2 Å². The molecule has 1 aromatic carbocycles. The summed E-state index contributed by atoms with van der Waals surface area (Å²) in [4.78, 5) is 4.61. The topological polar surface area (TPSA) is 36.7 Å². The van der Waals surface area contributed by atoms with Gasteiger partial charge in [0.25, 0.3) is 0 Å². The van der Waals surface area contributed by atoms with Crippen LogP contribution in [0.15, 0.2) is 29.6 Å². The maximum atomic E-state index is 9.14. The van der Waals surface area contributed by atoms with Gasteiger partial charge in [0.2, 0.25) is 0 Å². The van der Waals surface area contributed by atoms with Gasteiger partial charge in [-0.05, 0) is 19.8 Å². The highest BCUT2D eigenvalue weighted by atomic mass is 32.1. The van der Waals surface area contributed by atoms with Crippen LogP contribution < -0.4 is 0 Å². The van der Waals surface area contributed by atoms with E-state index >= 15 is 0 Å². The molecular weight excluding hydrogens is 228 g/mol. The fourth-order valence-corrected chi connectivity index (χ4v) is 2.89. The predicted octanol–water partition coefficient (Wildman–Crippen LogP) is 3.67. The van der Waals surface area contributed by atoms with Crippen LogP contribution in [0.2, 0.25) is 0 Å². The first-order chi connectivity index (χ1) is 8.23. The Morgan fingerprint density at radius 1 is 1.29 bits per heavy atom. The van der Waals surface area contributed by atoms with Crippen LogP contribution in [-0.4, -0.2) is 4.98 Å². The van der Waals surface area contributed by atoms with Gasteiger partial charge in [-0.3, -0.25) is 0 Å². The highest BCUT2D eigenvalue weighted by Gasteiger charge is 2.47. The summed E-state index contributed by atoms with van der Waals surface area (Å²) in [6, 6.07) is 10.7. The summed E-state index contributed by atoms with van der Waals surface area (Å²) >= 11 is 1.61. The van der Waals surface area contributed by atoms with E-state index in [1.54, 1.807) is 11.3 Å². The third-order valence-electron chi connectivity index (χ3n) is 3.22. The Labute approximate surface area is 105 Å². The molecule has 17 heavy (non-hydrogen) atoms. The molecule has 0 radical (unpaired) electrons. The number of nitriles is 1. The van der Waals surface area contributed by atoms with Crippen LogP contribution in [0.25, 0.3) is 11.3 Å². The quantitative estimate of drug-likeness (QED) is 0.803. The summed E-state index contributed by atoms with van der Waals surface area (Å²) in [5.41, 5.74) is 3.12. The Morgan fingerprint density at radius 2 is 2.00 bits per heavy atom. The maximum Gasteiger partial charge on any atom is 0.114 e. The SMILES string of the molecule is Cc1ccc(-c2csc(C3(C#N)CC3)n2)cc1. The van der Waals surface area contributed by atoms with Gasteiger partial charge in [-0.25, -0.2) is 4.98 Å². The number of rotatable bonds is 2. The van der Waals surface area contributed by atoms with Gasteiger partial charge < -0.3 is 0 Å². The van der Waals surface area contributed by atoms with Gasteiger partial charge in [0.05, 0.1) is 11.8 Å². The van der Waals surface area contributed by atoms with E-state index in [-0.39, 0.29) is 5.41 Å². The van der Waals surface area contributed by atoms with Gasteiger partial charge in [0.1, 0.15) is 10.4 Å². The van der Waals surface area contributed by atoms with Crippen LogP contribution in [0.1, 0.15) is 23.4 Å². The highest BCUT2D eigenvalue weighted by Crippen LogP contribution is 2.49. The van der Waals surface area contributed by atoms with E-state index in [4.69, 9.17) is 5.26 Å². The van der Waals surface area contributed by atoms with Crippen LogP contribution in [-0.2, 0) is 5.41 Å². The number of nitrogens with zero attached hydrogens (tertiary/aromatic N) is 2. The Hall–Kier alpha value is -1.66. The first-order valence-corrected chi connectivity index (χ1v) is 6.56. The van der Waals surface area contributed by atoms with Crippen molar-refractivity contribution in [3.05, 3.63) is 40.2 Å². The second kappa shape index (κ2) is 3.68. The van der Waals surface area contributed by atoms with Crippen molar-refractivity contribution in [2.24, 2.45) is 0 Å². The molecule has 1 heterocycles. The van der Waals surface area contributed by atoms with Crippen LogP contribution in [0.4, 0.5) is 0 Å². The minimum Gasteiger partial charge on any atom is -0.240 e. The van der Waals surface area contributed by atoms with Crippen molar-refractivity contribution in [3.63, 3.8) is 0 Å². The van der Waals surface area contributed by atoms with Gasteiger partial charge in [-0.2, -0.15) is 5.26 Å². The van der Waals surface area contributed by atoms with E-state index < -0.39 is 0 Å². The molecule has 0 unspecified atom stereocenters. The minimum absolute atomic E-state index is 0.256. The molecule has 0 spiro atoms. The predicted molar refractivity (Wildman–Crippen MR) is 68.8 cm³/mol. The lowest BCUT2D eigenvalue weighted by Crippen LogP contribution is -2.01. The smallest absolute Gasteiger partial charge is 0.114 e. The van der Waals surface area contributed by atoms with Crippen molar-refractivity contribution in [3.8, 4) is 17.3 Å².